The summed E-state index contributed by atoms with van der Waals surface area (Å²) < 4.78 is 10.0. The first kappa shape index (κ1) is 14.8. The maximum atomic E-state index is 11.6. The summed E-state index contributed by atoms with van der Waals surface area (Å²) in [5, 5.41) is 0. The number of nitrogen functional groups attached to an aromatic ring is 1. The fraction of sp³-hybridized carbons (Fsp3) is 0.267. The third-order valence-electron chi connectivity index (χ3n) is 2.86. The molecule has 0 fully saturated rings. The van der Waals surface area contributed by atoms with Crippen molar-refractivity contribution in [3.05, 3.63) is 47.4 Å². The van der Waals surface area contributed by atoms with Gasteiger partial charge >= 0.3 is 5.97 Å². The van der Waals surface area contributed by atoms with Crippen molar-refractivity contribution >= 4 is 11.8 Å². The van der Waals surface area contributed by atoms with Crippen LogP contribution in [0.5, 0.6) is 5.75 Å². The van der Waals surface area contributed by atoms with Crippen molar-refractivity contribution in [2.24, 2.45) is 0 Å². The van der Waals surface area contributed by atoms with Crippen molar-refractivity contribution in [3.63, 3.8) is 0 Å². The molecule has 0 aliphatic rings. The van der Waals surface area contributed by atoms with Crippen molar-refractivity contribution in [1.82, 2.24) is 9.97 Å². The fourth-order valence-corrected chi connectivity index (χ4v) is 1.85. The molecule has 6 nitrogen and oxygen atoms in total. The number of methoxy groups -OCH3 is 1. The highest BCUT2D eigenvalue weighted by atomic mass is 16.5. The zero-order chi connectivity index (χ0) is 15.2. The molecule has 0 saturated carbocycles. The van der Waals surface area contributed by atoms with Crippen molar-refractivity contribution in [3.8, 4) is 5.75 Å². The summed E-state index contributed by atoms with van der Waals surface area (Å²) in [7, 11) is 1.61. The molecule has 1 heterocycles. The van der Waals surface area contributed by atoms with E-state index >= 15 is 0 Å². The van der Waals surface area contributed by atoms with E-state index in [9.17, 15) is 4.79 Å². The van der Waals surface area contributed by atoms with Gasteiger partial charge in [-0.3, -0.25) is 0 Å². The normalized spacial score (nSPS) is 10.2. The Balaban J connectivity index is 2.18. The van der Waals surface area contributed by atoms with Gasteiger partial charge in [-0.2, -0.15) is 0 Å². The second-order valence-corrected chi connectivity index (χ2v) is 4.33. The van der Waals surface area contributed by atoms with Gasteiger partial charge in [-0.1, -0.05) is 12.1 Å². The Morgan fingerprint density at radius 2 is 2.19 bits per heavy atom. The number of carbonyl (C=O) groups excluding carboxylic acids is 1. The van der Waals surface area contributed by atoms with Gasteiger partial charge in [0, 0.05) is 12.6 Å². The van der Waals surface area contributed by atoms with Gasteiger partial charge in [-0.25, -0.2) is 14.8 Å². The topological polar surface area (TPSA) is 87.3 Å². The maximum Gasteiger partial charge on any atom is 0.343 e. The van der Waals surface area contributed by atoms with E-state index in [2.05, 4.69) is 9.97 Å². The lowest BCUT2D eigenvalue weighted by Gasteiger charge is -2.07. The Bertz CT molecular complexity index is 644. The molecule has 1 aromatic heterocycles. The molecule has 0 aliphatic carbocycles. The van der Waals surface area contributed by atoms with Gasteiger partial charge < -0.3 is 15.2 Å². The zero-order valence-corrected chi connectivity index (χ0v) is 12.0. The number of nitrogens with zero attached hydrogens (tertiary/aromatic N) is 2. The van der Waals surface area contributed by atoms with Crippen LogP contribution in [0.15, 0.2) is 30.5 Å². The van der Waals surface area contributed by atoms with E-state index in [1.807, 2.05) is 24.3 Å². The second-order valence-electron chi connectivity index (χ2n) is 4.33. The van der Waals surface area contributed by atoms with E-state index in [1.165, 1.54) is 6.20 Å². The summed E-state index contributed by atoms with van der Waals surface area (Å²) >= 11 is 0. The molecule has 0 unspecified atom stereocenters. The first-order valence-electron chi connectivity index (χ1n) is 6.55. The van der Waals surface area contributed by atoms with Crippen LogP contribution in [0.4, 0.5) is 5.82 Å². The number of ether oxygens (including phenoxy) is 2. The molecule has 2 N–H and O–H groups in total. The van der Waals surface area contributed by atoms with E-state index in [4.69, 9.17) is 15.2 Å². The molecule has 2 aromatic rings. The van der Waals surface area contributed by atoms with Crippen molar-refractivity contribution < 1.29 is 14.3 Å². The Kier molecular flexibility index (Phi) is 4.71. The number of aromatic nitrogens is 2. The zero-order valence-electron chi connectivity index (χ0n) is 12.0. The molecule has 1 aromatic carbocycles. The summed E-state index contributed by atoms with van der Waals surface area (Å²) in [5.41, 5.74) is 6.97. The average Bonchev–Trinajstić information content (AvgIpc) is 2.47. The van der Waals surface area contributed by atoms with Crippen LogP contribution in [0.3, 0.4) is 0 Å². The maximum absolute atomic E-state index is 11.6. The number of hydrogen-bond acceptors (Lipinski definition) is 6. The first-order valence-corrected chi connectivity index (χ1v) is 6.55. The Hall–Kier alpha value is -2.63. The highest BCUT2D eigenvalue weighted by Crippen LogP contribution is 2.16. The lowest BCUT2D eigenvalue weighted by atomic mass is 10.1. The van der Waals surface area contributed by atoms with Gasteiger partial charge in [0.2, 0.25) is 0 Å². The van der Waals surface area contributed by atoms with Crippen LogP contribution in [-0.2, 0) is 11.2 Å². The Morgan fingerprint density at radius 1 is 1.38 bits per heavy atom. The van der Waals surface area contributed by atoms with Crippen LogP contribution in [0.1, 0.15) is 28.7 Å². The van der Waals surface area contributed by atoms with E-state index in [0.717, 1.165) is 11.3 Å². The van der Waals surface area contributed by atoms with Crippen LogP contribution >= 0.6 is 0 Å². The number of rotatable bonds is 5. The molecule has 0 amide bonds. The number of anilines is 1. The first-order chi connectivity index (χ1) is 10.1. The highest BCUT2D eigenvalue weighted by molar-refractivity contribution is 5.93. The largest absolute Gasteiger partial charge is 0.497 e. The summed E-state index contributed by atoms with van der Waals surface area (Å²) in [6.07, 6.45) is 1.90. The smallest absolute Gasteiger partial charge is 0.343 e. The third-order valence-corrected chi connectivity index (χ3v) is 2.86. The molecule has 0 atom stereocenters. The van der Waals surface area contributed by atoms with Gasteiger partial charge in [0.05, 0.1) is 13.7 Å². The quantitative estimate of drug-likeness (QED) is 0.844. The number of carbonyl (C=O) groups is 1. The van der Waals surface area contributed by atoms with Crippen LogP contribution < -0.4 is 10.5 Å². The molecular formula is C15H17N3O3. The Labute approximate surface area is 122 Å². The molecule has 21 heavy (non-hydrogen) atoms. The number of esters is 1. The van der Waals surface area contributed by atoms with Crippen LogP contribution in [0.25, 0.3) is 0 Å². The van der Waals surface area contributed by atoms with E-state index in [0.29, 0.717) is 12.2 Å². The predicted molar refractivity (Wildman–Crippen MR) is 78.2 cm³/mol. The molecule has 0 spiro atoms. The molecule has 0 aliphatic heterocycles. The van der Waals surface area contributed by atoms with Crippen molar-refractivity contribution in [2.75, 3.05) is 19.5 Å². The number of hydrogen-bond donors (Lipinski definition) is 1. The summed E-state index contributed by atoms with van der Waals surface area (Å²) in [6, 6.07) is 7.60. The minimum Gasteiger partial charge on any atom is -0.497 e. The summed E-state index contributed by atoms with van der Waals surface area (Å²) in [6.45, 7) is 2.01. The Morgan fingerprint density at radius 3 is 2.86 bits per heavy atom. The van der Waals surface area contributed by atoms with Gasteiger partial charge in [0.15, 0.2) is 0 Å². The molecule has 0 saturated heterocycles. The predicted octanol–water partition coefficient (Wildman–Crippen LogP) is 1.83. The van der Waals surface area contributed by atoms with Gasteiger partial charge in [-0.15, -0.1) is 0 Å². The molecule has 0 radical (unpaired) electrons. The minimum atomic E-state index is -0.511. The lowest BCUT2D eigenvalue weighted by Crippen LogP contribution is -2.12. The lowest BCUT2D eigenvalue weighted by molar-refractivity contribution is 0.0526. The van der Waals surface area contributed by atoms with Crippen molar-refractivity contribution in [1.29, 1.82) is 0 Å². The SMILES string of the molecule is CCOC(=O)c1cnc(Cc2cccc(OC)c2)nc1N. The minimum absolute atomic E-state index is 0.126. The van der Waals surface area contributed by atoms with E-state index in [-0.39, 0.29) is 18.0 Å². The van der Waals surface area contributed by atoms with E-state index in [1.54, 1.807) is 14.0 Å². The van der Waals surface area contributed by atoms with E-state index < -0.39 is 5.97 Å². The monoisotopic (exact) mass is 287 g/mol. The molecule has 2 rings (SSSR count). The van der Waals surface area contributed by atoms with Crippen LogP contribution in [0, 0.1) is 0 Å². The molecular weight excluding hydrogens is 270 g/mol. The summed E-state index contributed by atoms with van der Waals surface area (Å²) in [4.78, 5) is 19.9. The molecule has 6 heteroatoms. The average molecular weight is 287 g/mol. The van der Waals surface area contributed by atoms with Gasteiger partial charge in [0.25, 0.3) is 0 Å². The summed E-state index contributed by atoms with van der Waals surface area (Å²) in [5.74, 6) is 0.918. The fourth-order valence-electron chi connectivity index (χ4n) is 1.85. The molecule has 0 bridgehead atoms. The molecule has 110 valence electrons. The van der Waals surface area contributed by atoms with Crippen molar-refractivity contribution in [2.45, 2.75) is 13.3 Å². The van der Waals surface area contributed by atoms with Crippen LogP contribution in [0.2, 0.25) is 0 Å². The number of benzene rings is 1. The highest BCUT2D eigenvalue weighted by Gasteiger charge is 2.13. The standard InChI is InChI=1S/C15H17N3O3/c1-3-21-15(19)12-9-17-13(18-14(12)16)8-10-5-4-6-11(7-10)20-2/h4-7,9H,3,8H2,1-2H3,(H2,16,17,18). The second kappa shape index (κ2) is 6.69. The van der Waals surface area contributed by atoms with Crippen LogP contribution in [-0.4, -0.2) is 29.7 Å². The van der Waals surface area contributed by atoms with Gasteiger partial charge in [0.1, 0.15) is 23.0 Å². The van der Waals surface area contributed by atoms with Gasteiger partial charge in [-0.05, 0) is 24.6 Å². The number of nitrogens with two attached hydrogens (primary N) is 1. The third kappa shape index (κ3) is 3.68.